The number of benzene rings is 11. The summed E-state index contributed by atoms with van der Waals surface area (Å²) in [5, 5.41) is 14.5. The lowest BCUT2D eigenvalue weighted by Crippen LogP contribution is -2.12. The zero-order valence-electron chi connectivity index (χ0n) is 31.6. The second-order valence-electron chi connectivity index (χ2n) is 15.2. The molecule has 0 aliphatic heterocycles. The van der Waals surface area contributed by atoms with Crippen molar-refractivity contribution in [3.63, 3.8) is 0 Å². The summed E-state index contributed by atoms with van der Waals surface area (Å²) in [6.07, 6.45) is 0. The van der Waals surface area contributed by atoms with E-state index in [1.165, 1.54) is 65.0 Å². The minimum absolute atomic E-state index is 0.882. The molecule has 2 heteroatoms. The van der Waals surface area contributed by atoms with E-state index in [2.05, 4.69) is 217 Å². The van der Waals surface area contributed by atoms with Crippen molar-refractivity contribution in [2.75, 3.05) is 4.90 Å². The van der Waals surface area contributed by atoms with Crippen LogP contribution in [0.2, 0.25) is 0 Å². The average Bonchev–Trinajstić information content (AvgIpc) is 3.66. The Labute approximate surface area is 335 Å². The molecule has 12 aromatic rings. The molecule has 0 aliphatic carbocycles. The van der Waals surface area contributed by atoms with Gasteiger partial charge in [-0.2, -0.15) is 0 Å². The Hall–Kier alpha value is -7.68. The maximum absolute atomic E-state index is 6.59. The van der Waals surface area contributed by atoms with E-state index in [4.69, 9.17) is 4.42 Å². The van der Waals surface area contributed by atoms with Gasteiger partial charge in [0, 0.05) is 27.4 Å². The number of fused-ring (bicyclic) bond motifs is 10. The molecule has 0 N–H and O–H groups in total. The molecule has 1 heterocycles. The first-order chi connectivity index (χ1) is 28.8. The van der Waals surface area contributed by atoms with Gasteiger partial charge in [-0.1, -0.05) is 170 Å². The van der Waals surface area contributed by atoms with Crippen molar-refractivity contribution in [2.45, 2.75) is 0 Å². The lowest BCUT2D eigenvalue weighted by Gasteiger charge is -2.30. The fraction of sp³-hybridized carbons (Fsp3) is 0. The monoisotopic (exact) mass is 737 g/mol. The summed E-state index contributed by atoms with van der Waals surface area (Å²) in [6, 6.07) is 77.2. The Morgan fingerprint density at radius 1 is 0.293 bits per heavy atom. The van der Waals surface area contributed by atoms with E-state index in [0.717, 1.165) is 50.1 Å². The van der Waals surface area contributed by atoms with E-state index in [1.54, 1.807) is 0 Å². The van der Waals surface area contributed by atoms with Gasteiger partial charge in [-0.25, -0.2) is 0 Å². The zero-order chi connectivity index (χ0) is 38.2. The minimum atomic E-state index is 0.882. The van der Waals surface area contributed by atoms with Crippen LogP contribution in [0.25, 0.3) is 98.1 Å². The third-order valence-corrected chi connectivity index (χ3v) is 12.0. The summed E-state index contributed by atoms with van der Waals surface area (Å²) < 4.78 is 6.59. The highest BCUT2D eigenvalue weighted by molar-refractivity contribution is 6.19. The smallest absolute Gasteiger partial charge is 0.136 e. The summed E-state index contributed by atoms with van der Waals surface area (Å²) >= 11 is 0. The number of hydrogen-bond donors (Lipinski definition) is 0. The first-order valence-electron chi connectivity index (χ1n) is 19.9. The molecule has 0 atom stereocenters. The van der Waals surface area contributed by atoms with Crippen molar-refractivity contribution in [3.05, 3.63) is 212 Å². The molecule has 0 saturated carbocycles. The van der Waals surface area contributed by atoms with E-state index < -0.39 is 0 Å². The minimum Gasteiger partial charge on any atom is -0.456 e. The molecule has 12 rings (SSSR count). The van der Waals surface area contributed by atoms with Crippen LogP contribution in [0.1, 0.15) is 0 Å². The molecule has 0 amide bonds. The number of anilines is 3. The maximum Gasteiger partial charge on any atom is 0.136 e. The molecular weight excluding hydrogens is 703 g/mol. The van der Waals surface area contributed by atoms with E-state index in [-0.39, 0.29) is 0 Å². The summed E-state index contributed by atoms with van der Waals surface area (Å²) in [7, 11) is 0. The van der Waals surface area contributed by atoms with Gasteiger partial charge in [0.25, 0.3) is 0 Å². The second kappa shape index (κ2) is 12.9. The quantitative estimate of drug-likeness (QED) is 0.164. The molecule has 1 aromatic heterocycles. The third kappa shape index (κ3) is 5.05. The number of hydrogen-bond acceptors (Lipinski definition) is 2. The first kappa shape index (κ1) is 32.6. The lowest BCUT2D eigenvalue weighted by molar-refractivity contribution is 0.669. The predicted molar refractivity (Wildman–Crippen MR) is 247 cm³/mol. The number of rotatable bonds is 5. The lowest BCUT2D eigenvalue weighted by atomic mass is 9.94. The second-order valence-corrected chi connectivity index (χ2v) is 15.2. The van der Waals surface area contributed by atoms with Crippen LogP contribution in [0.15, 0.2) is 217 Å². The van der Waals surface area contributed by atoms with Gasteiger partial charge in [0.1, 0.15) is 11.2 Å². The molecule has 11 aromatic carbocycles. The van der Waals surface area contributed by atoms with Gasteiger partial charge in [-0.3, -0.25) is 0 Å². The van der Waals surface area contributed by atoms with Crippen LogP contribution in [0.5, 0.6) is 0 Å². The maximum atomic E-state index is 6.59. The van der Waals surface area contributed by atoms with Crippen molar-refractivity contribution in [1.29, 1.82) is 0 Å². The highest BCUT2D eigenvalue weighted by Crippen LogP contribution is 2.48. The Balaban J connectivity index is 1.10. The zero-order valence-corrected chi connectivity index (χ0v) is 31.6. The summed E-state index contributed by atoms with van der Waals surface area (Å²) in [5.41, 5.74) is 9.75. The molecule has 0 saturated heterocycles. The Bertz CT molecular complexity index is 3580. The van der Waals surface area contributed by atoms with Gasteiger partial charge in [-0.05, 0) is 108 Å². The molecule has 0 unspecified atom stereocenters. The Kier molecular flexibility index (Phi) is 7.26. The molecule has 2 nitrogen and oxygen atoms in total. The Morgan fingerprint density at radius 3 is 1.71 bits per heavy atom. The molecule has 0 aliphatic rings. The van der Waals surface area contributed by atoms with Crippen molar-refractivity contribution >= 4 is 92.9 Å². The third-order valence-electron chi connectivity index (χ3n) is 12.0. The van der Waals surface area contributed by atoms with Crippen LogP contribution < -0.4 is 4.90 Å². The van der Waals surface area contributed by atoms with E-state index >= 15 is 0 Å². The average molecular weight is 738 g/mol. The summed E-state index contributed by atoms with van der Waals surface area (Å²) in [5.74, 6) is 0. The summed E-state index contributed by atoms with van der Waals surface area (Å²) in [6.45, 7) is 0. The molecule has 0 fully saturated rings. The topological polar surface area (TPSA) is 16.4 Å². The molecule has 0 bridgehead atoms. The van der Waals surface area contributed by atoms with Crippen LogP contribution in [-0.4, -0.2) is 0 Å². The standard InChI is InChI=1S/C56H35NO/c1-2-15-39-35-55-51(33-38(39)14-1)56-50(24-12-26-54(56)58-55)49-21-9-10-25-52(49)57(53-34-40-16-4-6-18-44(40)46-19-7-8-20-48(46)53)41-30-27-37(28-31-41)43-22-11-23-45-42-17-5-3-13-36(42)29-32-47(43)45/h1-35H. The highest BCUT2D eigenvalue weighted by atomic mass is 16.3. The predicted octanol–water partition coefficient (Wildman–Crippen LogP) is 16.2. The largest absolute Gasteiger partial charge is 0.456 e. The van der Waals surface area contributed by atoms with Gasteiger partial charge in [0.2, 0.25) is 0 Å². The Morgan fingerprint density at radius 2 is 0.879 bits per heavy atom. The van der Waals surface area contributed by atoms with E-state index in [0.29, 0.717) is 0 Å². The summed E-state index contributed by atoms with van der Waals surface area (Å²) in [4.78, 5) is 2.46. The van der Waals surface area contributed by atoms with Gasteiger partial charge < -0.3 is 9.32 Å². The molecule has 0 radical (unpaired) electrons. The SMILES string of the molecule is c1ccc(N(c2ccc(-c3cccc4c3ccc3ccccc34)cc2)c2cc3ccccc3c3ccccc23)c(-c2cccc3oc4cc5ccccc5cc4c23)c1. The van der Waals surface area contributed by atoms with Crippen LogP contribution in [0, 0.1) is 0 Å². The normalized spacial score (nSPS) is 11.8. The highest BCUT2D eigenvalue weighted by Gasteiger charge is 2.23. The fourth-order valence-corrected chi connectivity index (χ4v) is 9.34. The van der Waals surface area contributed by atoms with Gasteiger partial charge in [0.05, 0.1) is 11.4 Å². The van der Waals surface area contributed by atoms with Crippen molar-refractivity contribution in [1.82, 2.24) is 0 Å². The van der Waals surface area contributed by atoms with Gasteiger partial charge in [-0.15, -0.1) is 0 Å². The van der Waals surface area contributed by atoms with Crippen LogP contribution >= 0.6 is 0 Å². The number of furan rings is 1. The van der Waals surface area contributed by atoms with Gasteiger partial charge in [0.15, 0.2) is 0 Å². The molecule has 0 spiro atoms. The van der Waals surface area contributed by atoms with Crippen molar-refractivity contribution in [3.8, 4) is 22.3 Å². The van der Waals surface area contributed by atoms with E-state index in [1.807, 2.05) is 0 Å². The van der Waals surface area contributed by atoms with Crippen LogP contribution in [0.4, 0.5) is 17.1 Å². The fourth-order valence-electron chi connectivity index (χ4n) is 9.34. The number of nitrogens with zero attached hydrogens (tertiary/aromatic N) is 1. The molecule has 58 heavy (non-hydrogen) atoms. The molecular formula is C56H35NO. The van der Waals surface area contributed by atoms with E-state index in [9.17, 15) is 0 Å². The van der Waals surface area contributed by atoms with Crippen LogP contribution in [-0.2, 0) is 0 Å². The van der Waals surface area contributed by atoms with Crippen molar-refractivity contribution < 1.29 is 4.42 Å². The van der Waals surface area contributed by atoms with Gasteiger partial charge >= 0.3 is 0 Å². The van der Waals surface area contributed by atoms with Crippen LogP contribution in [0.3, 0.4) is 0 Å². The molecule has 270 valence electrons. The van der Waals surface area contributed by atoms with Crippen molar-refractivity contribution in [2.24, 2.45) is 0 Å². The first-order valence-corrected chi connectivity index (χ1v) is 19.9. The number of para-hydroxylation sites is 1.